The van der Waals surface area contributed by atoms with Crippen LogP contribution in [0.15, 0.2) is 42.5 Å². The van der Waals surface area contributed by atoms with Gasteiger partial charge in [-0.25, -0.2) is 4.79 Å². The first kappa shape index (κ1) is 16.4. The van der Waals surface area contributed by atoms with E-state index < -0.39 is 0 Å². The Hall–Kier alpha value is -2.49. The largest absolute Gasteiger partial charge is 0.497 e. The van der Waals surface area contributed by atoms with E-state index in [0.29, 0.717) is 6.54 Å². The summed E-state index contributed by atoms with van der Waals surface area (Å²) >= 11 is 0. The first-order chi connectivity index (χ1) is 11.7. The molecule has 0 fully saturated rings. The van der Waals surface area contributed by atoms with Gasteiger partial charge < -0.3 is 15.0 Å². The van der Waals surface area contributed by atoms with Crippen LogP contribution in [0.5, 0.6) is 5.75 Å². The Morgan fingerprint density at radius 2 is 1.88 bits per heavy atom. The van der Waals surface area contributed by atoms with E-state index in [1.807, 2.05) is 43.4 Å². The first-order valence-electron chi connectivity index (χ1n) is 8.43. The molecule has 1 aliphatic carbocycles. The third-order valence-corrected chi connectivity index (χ3v) is 4.56. The van der Waals surface area contributed by atoms with Crippen molar-refractivity contribution in [3.63, 3.8) is 0 Å². The standard InChI is InChI=1S/C20H24N2O2/c1-22(14-15-10-12-17(24-2)13-11-15)20(23)21-19-9-5-7-16-6-3-4-8-18(16)19/h5,7,9-13H,3-4,6,8,14H2,1-2H3,(H,21,23). The van der Waals surface area contributed by atoms with Gasteiger partial charge in [-0.1, -0.05) is 24.3 Å². The molecule has 24 heavy (non-hydrogen) atoms. The van der Waals surface area contributed by atoms with Crippen molar-refractivity contribution >= 4 is 11.7 Å². The Morgan fingerprint density at radius 1 is 1.12 bits per heavy atom. The monoisotopic (exact) mass is 324 g/mol. The molecule has 0 saturated carbocycles. The second-order valence-electron chi connectivity index (χ2n) is 6.28. The fourth-order valence-electron chi connectivity index (χ4n) is 3.19. The van der Waals surface area contributed by atoms with Crippen LogP contribution in [0.25, 0.3) is 0 Å². The fourth-order valence-corrected chi connectivity index (χ4v) is 3.19. The van der Waals surface area contributed by atoms with Crippen molar-refractivity contribution < 1.29 is 9.53 Å². The molecule has 2 aromatic carbocycles. The van der Waals surface area contributed by atoms with Gasteiger partial charge in [-0.15, -0.1) is 0 Å². The molecule has 0 unspecified atom stereocenters. The molecule has 4 heteroatoms. The van der Waals surface area contributed by atoms with Crippen molar-refractivity contribution in [1.82, 2.24) is 4.90 Å². The highest BCUT2D eigenvalue weighted by atomic mass is 16.5. The van der Waals surface area contributed by atoms with Crippen LogP contribution < -0.4 is 10.1 Å². The van der Waals surface area contributed by atoms with Crippen molar-refractivity contribution in [2.45, 2.75) is 32.2 Å². The summed E-state index contributed by atoms with van der Waals surface area (Å²) in [4.78, 5) is 14.2. The number of methoxy groups -OCH3 is 1. The van der Waals surface area contributed by atoms with Crippen molar-refractivity contribution in [3.05, 3.63) is 59.2 Å². The van der Waals surface area contributed by atoms with Crippen LogP contribution in [-0.4, -0.2) is 25.1 Å². The average molecular weight is 324 g/mol. The van der Waals surface area contributed by atoms with Gasteiger partial charge in [0, 0.05) is 19.3 Å². The highest BCUT2D eigenvalue weighted by molar-refractivity contribution is 5.90. The van der Waals surface area contributed by atoms with Crippen molar-refractivity contribution in [1.29, 1.82) is 0 Å². The number of fused-ring (bicyclic) bond motifs is 1. The van der Waals surface area contributed by atoms with Gasteiger partial charge in [0.1, 0.15) is 5.75 Å². The molecule has 2 amide bonds. The van der Waals surface area contributed by atoms with Crippen LogP contribution in [0, 0.1) is 0 Å². The van der Waals surface area contributed by atoms with Gasteiger partial charge in [-0.3, -0.25) is 0 Å². The summed E-state index contributed by atoms with van der Waals surface area (Å²) in [5.41, 5.74) is 4.70. The predicted octanol–water partition coefficient (Wildman–Crippen LogP) is 4.24. The summed E-state index contributed by atoms with van der Waals surface area (Å²) in [6.45, 7) is 0.560. The Morgan fingerprint density at radius 3 is 2.62 bits per heavy atom. The molecule has 0 atom stereocenters. The summed E-state index contributed by atoms with van der Waals surface area (Å²) in [5, 5.41) is 3.07. The number of benzene rings is 2. The third kappa shape index (κ3) is 3.70. The van der Waals surface area contributed by atoms with E-state index in [2.05, 4.69) is 11.4 Å². The van der Waals surface area contributed by atoms with E-state index in [-0.39, 0.29) is 6.03 Å². The smallest absolute Gasteiger partial charge is 0.321 e. The molecule has 0 aliphatic heterocycles. The number of amides is 2. The summed E-state index contributed by atoms with van der Waals surface area (Å²) in [5.74, 6) is 0.821. The minimum absolute atomic E-state index is 0.0789. The van der Waals surface area contributed by atoms with Crippen LogP contribution in [0.4, 0.5) is 10.5 Å². The quantitative estimate of drug-likeness (QED) is 0.914. The van der Waals surface area contributed by atoms with Crippen LogP contribution in [-0.2, 0) is 19.4 Å². The minimum atomic E-state index is -0.0789. The second-order valence-corrected chi connectivity index (χ2v) is 6.28. The van der Waals surface area contributed by atoms with E-state index in [0.717, 1.165) is 29.8 Å². The molecule has 0 spiro atoms. The zero-order chi connectivity index (χ0) is 16.9. The minimum Gasteiger partial charge on any atom is -0.497 e. The molecule has 0 radical (unpaired) electrons. The molecule has 0 heterocycles. The zero-order valence-corrected chi connectivity index (χ0v) is 14.3. The third-order valence-electron chi connectivity index (χ3n) is 4.56. The van der Waals surface area contributed by atoms with Gasteiger partial charge in [-0.05, 0) is 60.6 Å². The maximum absolute atomic E-state index is 12.5. The lowest BCUT2D eigenvalue weighted by Gasteiger charge is -2.22. The molecule has 126 valence electrons. The normalized spacial score (nSPS) is 13.1. The van der Waals surface area contributed by atoms with E-state index in [9.17, 15) is 4.79 Å². The van der Waals surface area contributed by atoms with Crippen LogP contribution in [0.1, 0.15) is 29.5 Å². The molecule has 1 N–H and O–H groups in total. The fraction of sp³-hybridized carbons (Fsp3) is 0.350. The van der Waals surface area contributed by atoms with E-state index in [4.69, 9.17) is 4.74 Å². The number of urea groups is 1. The zero-order valence-electron chi connectivity index (χ0n) is 14.3. The van der Waals surface area contributed by atoms with Crippen molar-refractivity contribution in [3.8, 4) is 5.75 Å². The predicted molar refractivity (Wildman–Crippen MR) is 96.6 cm³/mol. The lowest BCUT2D eigenvalue weighted by atomic mass is 9.90. The molecule has 0 aromatic heterocycles. The highest BCUT2D eigenvalue weighted by Gasteiger charge is 2.16. The number of hydrogen-bond donors (Lipinski definition) is 1. The van der Waals surface area contributed by atoms with Crippen molar-refractivity contribution in [2.24, 2.45) is 0 Å². The van der Waals surface area contributed by atoms with Gasteiger partial charge in [-0.2, -0.15) is 0 Å². The Kier molecular flexibility index (Phi) is 5.04. The molecule has 4 nitrogen and oxygen atoms in total. The average Bonchev–Trinajstić information content (AvgIpc) is 2.62. The number of aryl methyl sites for hydroxylation is 1. The van der Waals surface area contributed by atoms with Crippen LogP contribution >= 0.6 is 0 Å². The summed E-state index contributed by atoms with van der Waals surface area (Å²) in [6, 6.07) is 13.9. The SMILES string of the molecule is COc1ccc(CN(C)C(=O)Nc2cccc3c2CCCC3)cc1. The second kappa shape index (κ2) is 7.39. The summed E-state index contributed by atoms with van der Waals surface area (Å²) in [6.07, 6.45) is 4.60. The van der Waals surface area contributed by atoms with E-state index >= 15 is 0 Å². The lowest BCUT2D eigenvalue weighted by molar-refractivity contribution is 0.220. The summed E-state index contributed by atoms with van der Waals surface area (Å²) < 4.78 is 5.16. The molecular weight excluding hydrogens is 300 g/mol. The van der Waals surface area contributed by atoms with Gasteiger partial charge in [0.05, 0.1) is 7.11 Å². The number of ether oxygens (including phenoxy) is 1. The maximum atomic E-state index is 12.5. The number of hydrogen-bond acceptors (Lipinski definition) is 2. The number of nitrogens with zero attached hydrogens (tertiary/aromatic N) is 1. The number of carbonyl (C=O) groups is 1. The van der Waals surface area contributed by atoms with Gasteiger partial charge in [0.25, 0.3) is 0 Å². The molecule has 0 bridgehead atoms. The van der Waals surface area contributed by atoms with Gasteiger partial charge in [0.2, 0.25) is 0 Å². The number of carbonyl (C=O) groups excluding carboxylic acids is 1. The summed E-state index contributed by atoms with van der Waals surface area (Å²) in [7, 11) is 3.46. The Balaban J connectivity index is 1.66. The first-order valence-corrected chi connectivity index (χ1v) is 8.43. The van der Waals surface area contributed by atoms with Crippen LogP contribution in [0.3, 0.4) is 0 Å². The van der Waals surface area contributed by atoms with E-state index in [1.54, 1.807) is 12.0 Å². The van der Waals surface area contributed by atoms with E-state index in [1.165, 1.54) is 24.0 Å². The number of nitrogens with one attached hydrogen (secondary N) is 1. The highest BCUT2D eigenvalue weighted by Crippen LogP contribution is 2.28. The van der Waals surface area contributed by atoms with Crippen LogP contribution in [0.2, 0.25) is 0 Å². The number of rotatable bonds is 4. The van der Waals surface area contributed by atoms with Crippen molar-refractivity contribution in [2.75, 3.05) is 19.5 Å². The molecule has 2 aromatic rings. The number of anilines is 1. The maximum Gasteiger partial charge on any atom is 0.321 e. The Labute approximate surface area is 143 Å². The molecular formula is C20H24N2O2. The van der Waals surface area contributed by atoms with Gasteiger partial charge >= 0.3 is 6.03 Å². The molecule has 3 rings (SSSR count). The molecule has 0 saturated heterocycles. The van der Waals surface area contributed by atoms with Gasteiger partial charge in [0.15, 0.2) is 0 Å². The topological polar surface area (TPSA) is 41.6 Å². The lowest BCUT2D eigenvalue weighted by Crippen LogP contribution is -2.31. The molecule has 1 aliphatic rings. The Bertz CT molecular complexity index is 710.